The van der Waals surface area contributed by atoms with Gasteiger partial charge in [-0.15, -0.1) is 11.3 Å². The minimum atomic E-state index is -3.60. The fraction of sp³-hybridized carbons (Fsp3) is 0. The number of nitrogen functional groups attached to an aromatic ring is 1. The molecule has 3 N–H and O–H groups in total. The van der Waals surface area contributed by atoms with Gasteiger partial charge >= 0.3 is 0 Å². The summed E-state index contributed by atoms with van der Waals surface area (Å²) in [6.07, 6.45) is 1.56. The molecule has 5 nitrogen and oxygen atoms in total. The Labute approximate surface area is 111 Å². The van der Waals surface area contributed by atoms with Crippen molar-refractivity contribution in [1.29, 1.82) is 0 Å². The van der Waals surface area contributed by atoms with E-state index in [1.807, 2.05) is 0 Å². The Morgan fingerprint density at radius 3 is 2.82 bits per heavy atom. The van der Waals surface area contributed by atoms with Crippen molar-refractivity contribution >= 4 is 48.7 Å². The number of thiophene rings is 1. The van der Waals surface area contributed by atoms with Crippen LogP contribution in [-0.4, -0.2) is 13.4 Å². The summed E-state index contributed by atoms with van der Waals surface area (Å²) in [5, 5.41) is 1.58. The van der Waals surface area contributed by atoms with Gasteiger partial charge < -0.3 is 5.73 Å². The lowest BCUT2D eigenvalue weighted by Gasteiger charge is -2.06. The number of rotatable bonds is 3. The molecule has 0 spiro atoms. The third-order valence-corrected chi connectivity index (χ3v) is 5.32. The van der Waals surface area contributed by atoms with Gasteiger partial charge in [0.15, 0.2) is 0 Å². The SMILES string of the molecule is Nc1csc(S(=O)(=O)Nc2cccnc2Br)c1. The molecule has 0 atom stereocenters. The third-order valence-electron chi connectivity index (χ3n) is 1.86. The molecule has 0 aliphatic rings. The lowest BCUT2D eigenvalue weighted by atomic mass is 10.4. The van der Waals surface area contributed by atoms with E-state index < -0.39 is 10.0 Å². The highest BCUT2D eigenvalue weighted by Gasteiger charge is 2.17. The Morgan fingerprint density at radius 2 is 2.24 bits per heavy atom. The lowest BCUT2D eigenvalue weighted by Crippen LogP contribution is -2.12. The maximum Gasteiger partial charge on any atom is 0.271 e. The summed E-state index contributed by atoms with van der Waals surface area (Å²) in [7, 11) is -3.60. The maximum atomic E-state index is 12.0. The number of nitrogens with one attached hydrogen (secondary N) is 1. The van der Waals surface area contributed by atoms with Crippen LogP contribution in [0.3, 0.4) is 0 Å². The summed E-state index contributed by atoms with van der Waals surface area (Å²) in [4.78, 5) is 3.93. The van der Waals surface area contributed by atoms with Crippen LogP contribution < -0.4 is 10.5 Å². The van der Waals surface area contributed by atoms with Crippen molar-refractivity contribution < 1.29 is 8.42 Å². The second kappa shape index (κ2) is 4.63. The highest BCUT2D eigenvalue weighted by atomic mass is 79.9. The van der Waals surface area contributed by atoms with Crippen molar-refractivity contribution in [2.45, 2.75) is 4.21 Å². The fourth-order valence-corrected chi connectivity index (χ4v) is 3.76. The van der Waals surface area contributed by atoms with E-state index >= 15 is 0 Å². The van der Waals surface area contributed by atoms with Gasteiger partial charge in [-0.1, -0.05) is 0 Å². The first-order chi connectivity index (χ1) is 7.99. The Morgan fingerprint density at radius 1 is 1.47 bits per heavy atom. The highest BCUT2D eigenvalue weighted by Crippen LogP contribution is 2.26. The van der Waals surface area contributed by atoms with Gasteiger partial charge in [0.2, 0.25) is 0 Å². The number of nitrogens with two attached hydrogens (primary N) is 1. The summed E-state index contributed by atoms with van der Waals surface area (Å²) in [5.41, 5.74) is 6.31. The standard InChI is InChI=1S/C9H8BrN3O2S2/c10-9-7(2-1-3-12-9)13-17(14,15)8-4-6(11)5-16-8/h1-5,13H,11H2. The molecular weight excluding hydrogens is 326 g/mol. The van der Waals surface area contributed by atoms with Crippen LogP contribution in [0, 0.1) is 0 Å². The van der Waals surface area contributed by atoms with Gasteiger partial charge in [0, 0.05) is 17.3 Å². The van der Waals surface area contributed by atoms with Crippen molar-refractivity contribution in [3.63, 3.8) is 0 Å². The van der Waals surface area contributed by atoms with Gasteiger partial charge in [-0.3, -0.25) is 4.72 Å². The topological polar surface area (TPSA) is 85.1 Å². The molecule has 0 unspecified atom stereocenters. The summed E-state index contributed by atoms with van der Waals surface area (Å²) >= 11 is 4.24. The lowest BCUT2D eigenvalue weighted by molar-refractivity contribution is 0.603. The van der Waals surface area contributed by atoms with Crippen molar-refractivity contribution in [2.75, 3.05) is 10.5 Å². The quantitative estimate of drug-likeness (QED) is 0.844. The molecule has 0 fully saturated rings. The largest absolute Gasteiger partial charge is 0.398 e. The second-order valence-corrected chi connectivity index (χ2v) is 6.72. The number of aromatic nitrogens is 1. The molecule has 0 radical (unpaired) electrons. The molecule has 0 amide bonds. The van der Waals surface area contributed by atoms with E-state index in [2.05, 4.69) is 25.6 Å². The third kappa shape index (κ3) is 2.76. The molecule has 0 aliphatic heterocycles. The van der Waals surface area contributed by atoms with Gasteiger partial charge in [-0.05, 0) is 34.1 Å². The molecule has 2 rings (SSSR count). The second-order valence-electron chi connectivity index (χ2n) is 3.15. The minimum absolute atomic E-state index is 0.172. The maximum absolute atomic E-state index is 12.0. The zero-order valence-corrected chi connectivity index (χ0v) is 11.6. The van der Waals surface area contributed by atoms with Crippen LogP contribution in [0.25, 0.3) is 0 Å². The molecule has 0 saturated carbocycles. The van der Waals surface area contributed by atoms with Crippen molar-refractivity contribution in [3.05, 3.63) is 34.4 Å². The predicted molar refractivity (Wildman–Crippen MR) is 71.5 cm³/mol. The number of hydrogen-bond donors (Lipinski definition) is 2. The van der Waals surface area contributed by atoms with E-state index in [0.717, 1.165) is 11.3 Å². The Kier molecular flexibility index (Phi) is 3.36. The normalized spacial score (nSPS) is 11.4. The van der Waals surface area contributed by atoms with Crippen LogP contribution in [0.2, 0.25) is 0 Å². The average Bonchev–Trinajstić information content (AvgIpc) is 2.69. The van der Waals surface area contributed by atoms with E-state index in [0.29, 0.717) is 16.0 Å². The zero-order chi connectivity index (χ0) is 12.5. The molecule has 2 heterocycles. The van der Waals surface area contributed by atoms with Gasteiger partial charge in [0.1, 0.15) is 8.81 Å². The molecule has 2 aromatic rings. The molecule has 0 bridgehead atoms. The first-order valence-corrected chi connectivity index (χ1v) is 7.62. The van der Waals surface area contributed by atoms with Crippen LogP contribution in [0.4, 0.5) is 11.4 Å². The number of hydrogen-bond acceptors (Lipinski definition) is 5. The Bertz CT molecular complexity index is 639. The molecule has 0 saturated heterocycles. The summed E-state index contributed by atoms with van der Waals surface area (Å²) in [5.74, 6) is 0. The van der Waals surface area contributed by atoms with Crippen molar-refractivity contribution in [2.24, 2.45) is 0 Å². The number of halogens is 1. The first-order valence-electron chi connectivity index (χ1n) is 4.46. The smallest absolute Gasteiger partial charge is 0.271 e. The van der Waals surface area contributed by atoms with Crippen LogP contribution in [-0.2, 0) is 10.0 Å². The van der Waals surface area contributed by atoms with Gasteiger partial charge in [-0.25, -0.2) is 13.4 Å². The van der Waals surface area contributed by atoms with E-state index in [9.17, 15) is 8.42 Å². The van der Waals surface area contributed by atoms with E-state index in [1.165, 1.54) is 6.07 Å². The van der Waals surface area contributed by atoms with Crippen LogP contribution in [0.1, 0.15) is 0 Å². The molecule has 17 heavy (non-hydrogen) atoms. The van der Waals surface area contributed by atoms with E-state index in [1.54, 1.807) is 23.7 Å². The predicted octanol–water partition coefficient (Wildman–Crippen LogP) is 2.29. The van der Waals surface area contributed by atoms with Gasteiger partial charge in [0.05, 0.1) is 5.69 Å². The number of anilines is 2. The van der Waals surface area contributed by atoms with Crippen LogP contribution in [0.15, 0.2) is 38.6 Å². The highest BCUT2D eigenvalue weighted by molar-refractivity contribution is 9.10. The number of nitrogens with zero attached hydrogens (tertiary/aromatic N) is 1. The van der Waals surface area contributed by atoms with Crippen molar-refractivity contribution in [3.8, 4) is 0 Å². The molecule has 8 heteroatoms. The van der Waals surface area contributed by atoms with E-state index in [4.69, 9.17) is 5.73 Å². The monoisotopic (exact) mass is 333 g/mol. The Hall–Kier alpha value is -1.12. The van der Waals surface area contributed by atoms with E-state index in [-0.39, 0.29) is 4.21 Å². The zero-order valence-electron chi connectivity index (χ0n) is 8.42. The summed E-state index contributed by atoms with van der Waals surface area (Å²) in [6.45, 7) is 0. The fourth-order valence-electron chi connectivity index (χ4n) is 1.13. The van der Waals surface area contributed by atoms with Crippen LogP contribution in [0.5, 0.6) is 0 Å². The minimum Gasteiger partial charge on any atom is -0.398 e. The molecular formula is C9H8BrN3O2S2. The molecule has 2 aromatic heterocycles. The first kappa shape index (κ1) is 12.3. The van der Waals surface area contributed by atoms with Crippen LogP contribution >= 0.6 is 27.3 Å². The van der Waals surface area contributed by atoms with Gasteiger partial charge in [-0.2, -0.15) is 0 Å². The molecule has 0 aromatic carbocycles. The summed E-state index contributed by atoms with van der Waals surface area (Å²) in [6, 6.07) is 4.67. The summed E-state index contributed by atoms with van der Waals surface area (Å²) < 4.78 is 27.0. The van der Waals surface area contributed by atoms with Crippen molar-refractivity contribution in [1.82, 2.24) is 4.98 Å². The molecule has 0 aliphatic carbocycles. The van der Waals surface area contributed by atoms with Gasteiger partial charge in [0.25, 0.3) is 10.0 Å². The average molecular weight is 334 g/mol. The molecule has 90 valence electrons. The Balaban J connectivity index is 2.33. The number of pyridine rings is 1. The number of sulfonamides is 1.